The van der Waals surface area contributed by atoms with Gasteiger partial charge in [-0.1, -0.05) is 161 Å². The Bertz CT molecular complexity index is 4750. The Kier molecular flexibility index (Phi) is 10.8. The lowest BCUT2D eigenvalue weighted by atomic mass is 9.82. The second-order valence-corrected chi connectivity index (χ2v) is 27.1. The normalized spacial score (nSPS) is 16.2. The standard InChI is InChI=1S/C79H60N5OP/c1-51-35-37-56(38-36-51)82-69-29-18-31-71-75(69)86(85)76-70(82)30-19-32-72(76)84(59-42-46-67-64(49-59)63-47-57(40-44-66(63)78(67,2)3)80(52-21-10-6-11-22-52)53-23-12-7-13-24-53)74-34-20-33-73(77(74)86)83(71)58-41-45-65-62(48-58)61-43-39-60(50-68(61)79(65,4)5)81(54-25-14-8-15-26-54)55-27-16-9-17-28-55/h6-50H,1-5H3. The molecule has 12 aromatic carbocycles. The van der Waals surface area contributed by atoms with Gasteiger partial charge >= 0.3 is 0 Å². The van der Waals surface area contributed by atoms with E-state index in [1.165, 1.54) is 50.1 Å². The predicted octanol–water partition coefficient (Wildman–Crippen LogP) is 20.5. The lowest BCUT2D eigenvalue weighted by molar-refractivity contribution is 0.592. The number of hydrogen-bond donors (Lipinski definition) is 0. The highest BCUT2D eigenvalue weighted by Crippen LogP contribution is 2.67. The fourth-order valence-corrected chi connectivity index (χ4v) is 18.7. The highest BCUT2D eigenvalue weighted by molar-refractivity contribution is 7.87. The monoisotopic (exact) mass is 1130 g/mol. The second kappa shape index (κ2) is 18.4. The maximum absolute atomic E-state index is 17.8. The van der Waals surface area contributed by atoms with E-state index in [2.05, 4.69) is 332 Å². The van der Waals surface area contributed by atoms with Crippen molar-refractivity contribution < 1.29 is 4.57 Å². The fraction of sp³-hybridized carbons (Fsp3) is 0.0886. The second-order valence-electron chi connectivity index (χ2n) is 24.6. The Morgan fingerprint density at radius 2 is 0.616 bits per heavy atom. The van der Waals surface area contributed by atoms with Crippen molar-refractivity contribution in [2.24, 2.45) is 0 Å². The molecule has 0 N–H and O–H groups in total. The van der Waals surface area contributed by atoms with Crippen molar-refractivity contribution in [3.05, 3.63) is 301 Å². The predicted molar refractivity (Wildman–Crippen MR) is 360 cm³/mol. The maximum Gasteiger partial charge on any atom is 0.183 e. The topological polar surface area (TPSA) is 33.3 Å². The molecule has 1 unspecified atom stereocenters. The van der Waals surface area contributed by atoms with Crippen molar-refractivity contribution in [1.82, 2.24) is 0 Å². The molecule has 3 aliphatic heterocycles. The number of anilines is 15. The molecule has 2 aliphatic carbocycles. The van der Waals surface area contributed by atoms with Crippen LogP contribution in [0.15, 0.2) is 273 Å². The summed E-state index contributed by atoms with van der Waals surface area (Å²) in [6.45, 7) is 11.6. The molecule has 0 radical (unpaired) electrons. The van der Waals surface area contributed by atoms with Gasteiger partial charge in [-0.15, -0.1) is 0 Å². The highest BCUT2D eigenvalue weighted by Gasteiger charge is 2.55. The summed E-state index contributed by atoms with van der Waals surface area (Å²) in [7, 11) is -3.62. The van der Waals surface area contributed by atoms with Crippen LogP contribution in [0.4, 0.5) is 85.3 Å². The first kappa shape index (κ1) is 50.4. The minimum atomic E-state index is -3.62. The molecule has 5 aliphatic rings. The molecule has 1 atom stereocenters. The fourth-order valence-electron chi connectivity index (χ4n) is 15.1. The average molecular weight is 1130 g/mol. The van der Waals surface area contributed by atoms with Crippen molar-refractivity contribution in [3.8, 4) is 22.3 Å². The molecule has 7 heteroatoms. The van der Waals surface area contributed by atoms with E-state index >= 15 is 4.57 Å². The summed E-state index contributed by atoms with van der Waals surface area (Å²) in [5.74, 6) is 0. The molecule has 6 nitrogen and oxygen atoms in total. The van der Waals surface area contributed by atoms with Gasteiger partial charge in [0.15, 0.2) is 7.14 Å². The van der Waals surface area contributed by atoms with Crippen LogP contribution in [-0.2, 0) is 15.4 Å². The zero-order chi connectivity index (χ0) is 57.8. The van der Waals surface area contributed by atoms with Gasteiger partial charge < -0.3 is 29.1 Å². The maximum atomic E-state index is 17.8. The molecule has 86 heavy (non-hydrogen) atoms. The van der Waals surface area contributed by atoms with E-state index in [1.54, 1.807) is 0 Å². The number of hydrogen-bond acceptors (Lipinski definition) is 6. The van der Waals surface area contributed by atoms with Crippen LogP contribution in [0.1, 0.15) is 55.5 Å². The summed E-state index contributed by atoms with van der Waals surface area (Å²) in [5, 5.41) is 2.60. The lowest BCUT2D eigenvalue weighted by Crippen LogP contribution is -2.47. The number of fused-ring (bicyclic) bond motifs is 6. The summed E-state index contributed by atoms with van der Waals surface area (Å²) >= 11 is 0. The van der Waals surface area contributed by atoms with Crippen LogP contribution in [0.5, 0.6) is 0 Å². The third kappa shape index (κ3) is 7.05. The van der Waals surface area contributed by atoms with Crippen molar-refractivity contribution in [2.45, 2.75) is 45.4 Å². The first-order valence-corrected chi connectivity index (χ1v) is 31.6. The Morgan fingerprint density at radius 1 is 0.291 bits per heavy atom. The Morgan fingerprint density at radius 3 is 1.03 bits per heavy atom. The minimum Gasteiger partial charge on any atom is -0.310 e. The van der Waals surface area contributed by atoms with Crippen LogP contribution in [0.25, 0.3) is 22.3 Å². The van der Waals surface area contributed by atoms with Gasteiger partial charge in [0.2, 0.25) is 0 Å². The third-order valence-corrected chi connectivity index (χ3v) is 22.3. The first-order chi connectivity index (χ1) is 42.0. The summed E-state index contributed by atoms with van der Waals surface area (Å²) in [5.41, 5.74) is 25.9. The highest BCUT2D eigenvalue weighted by atomic mass is 31.2. The van der Waals surface area contributed by atoms with Crippen LogP contribution in [0.2, 0.25) is 0 Å². The molecule has 0 saturated heterocycles. The van der Waals surface area contributed by atoms with Gasteiger partial charge in [-0.2, -0.15) is 0 Å². The van der Waals surface area contributed by atoms with E-state index in [-0.39, 0.29) is 10.8 Å². The number of aryl methyl sites for hydroxylation is 1. The SMILES string of the molecule is Cc1ccc(N2c3cccc4c3P3(=O)c5c2cccc5N(c2ccc5c(c2)-c2ccc(N(c6ccccc6)c6ccccc6)cc2C5(C)C)c2cccc(c23)N4c2ccc3c(c2)-c2cc(N(c4ccccc4)c4ccccc4)ccc2C3(C)C)cc1. The zero-order valence-electron chi connectivity index (χ0n) is 48.6. The Hall–Kier alpha value is -10.1. The zero-order valence-corrected chi connectivity index (χ0v) is 49.5. The molecule has 0 amide bonds. The molecule has 0 fully saturated rings. The van der Waals surface area contributed by atoms with E-state index in [4.69, 9.17) is 0 Å². The van der Waals surface area contributed by atoms with Gasteiger partial charge in [-0.25, -0.2) is 0 Å². The summed E-state index contributed by atoms with van der Waals surface area (Å²) in [4.78, 5) is 11.9. The van der Waals surface area contributed by atoms with E-state index in [1.807, 2.05) is 0 Å². The molecule has 412 valence electrons. The third-order valence-electron chi connectivity index (χ3n) is 19.0. The van der Waals surface area contributed by atoms with Crippen molar-refractivity contribution in [3.63, 3.8) is 0 Å². The largest absolute Gasteiger partial charge is 0.310 e. The van der Waals surface area contributed by atoms with Crippen LogP contribution in [0.3, 0.4) is 0 Å². The van der Waals surface area contributed by atoms with E-state index in [0.29, 0.717) is 0 Å². The molecule has 3 heterocycles. The lowest BCUT2D eigenvalue weighted by Gasteiger charge is -2.49. The molecule has 12 aromatic rings. The Balaban J connectivity index is 0.862. The molecule has 0 bridgehead atoms. The minimum absolute atomic E-state index is 0.255. The first-order valence-electron chi connectivity index (χ1n) is 29.9. The van der Waals surface area contributed by atoms with Gasteiger partial charge in [0.05, 0.1) is 50.0 Å². The van der Waals surface area contributed by atoms with Crippen LogP contribution in [-0.4, -0.2) is 0 Å². The van der Waals surface area contributed by atoms with Gasteiger partial charge in [0.25, 0.3) is 0 Å². The van der Waals surface area contributed by atoms with Gasteiger partial charge in [-0.3, -0.25) is 0 Å². The van der Waals surface area contributed by atoms with Crippen LogP contribution in [0, 0.1) is 6.92 Å². The van der Waals surface area contributed by atoms with Gasteiger partial charge in [0.1, 0.15) is 0 Å². The summed E-state index contributed by atoms with van der Waals surface area (Å²) < 4.78 is 17.8. The Labute approximate surface area is 503 Å². The molecule has 0 saturated carbocycles. The van der Waals surface area contributed by atoms with Crippen molar-refractivity contribution in [1.29, 1.82) is 0 Å². The van der Waals surface area contributed by atoms with Gasteiger partial charge in [-0.05, 0) is 197 Å². The van der Waals surface area contributed by atoms with E-state index < -0.39 is 7.14 Å². The molecular formula is C79H60N5OP. The number of nitrogens with zero attached hydrogens (tertiary/aromatic N) is 5. The van der Waals surface area contributed by atoms with Crippen LogP contribution < -0.4 is 40.4 Å². The van der Waals surface area contributed by atoms with Crippen molar-refractivity contribution in [2.75, 3.05) is 24.5 Å². The molecular weight excluding hydrogens is 1070 g/mol. The van der Waals surface area contributed by atoms with E-state index in [0.717, 1.165) is 101 Å². The number of rotatable bonds is 9. The molecule has 0 spiro atoms. The quantitative estimate of drug-likeness (QED) is 0.134. The average Bonchev–Trinajstić information content (AvgIpc) is 0.844. The summed E-state index contributed by atoms with van der Waals surface area (Å²) in [6.07, 6.45) is 0. The number of benzene rings is 12. The molecule has 17 rings (SSSR count). The van der Waals surface area contributed by atoms with Crippen LogP contribution >= 0.6 is 7.14 Å². The van der Waals surface area contributed by atoms with Gasteiger partial charge in [0, 0.05) is 62.0 Å². The summed E-state index contributed by atoms with van der Waals surface area (Å²) in [6, 6.07) is 99.2. The number of para-hydroxylation sites is 4. The smallest absolute Gasteiger partial charge is 0.183 e. The molecule has 0 aromatic heterocycles. The van der Waals surface area contributed by atoms with E-state index in [9.17, 15) is 0 Å². The van der Waals surface area contributed by atoms with Crippen molar-refractivity contribution >= 4 is 108 Å².